The van der Waals surface area contributed by atoms with Crippen LogP contribution in [0.1, 0.15) is 56.4 Å². The molecule has 2 atom stereocenters. The van der Waals surface area contributed by atoms with Gasteiger partial charge in [-0.3, -0.25) is 0 Å². The van der Waals surface area contributed by atoms with Crippen LogP contribution in [0.5, 0.6) is 0 Å². The van der Waals surface area contributed by atoms with Crippen molar-refractivity contribution in [3.05, 3.63) is 23.7 Å². The third-order valence-corrected chi connectivity index (χ3v) is 3.66. The van der Waals surface area contributed by atoms with Crippen LogP contribution in [0.25, 0.3) is 0 Å². The lowest BCUT2D eigenvalue weighted by molar-refractivity contribution is 0.0988. The Morgan fingerprint density at radius 1 is 1.50 bits per heavy atom. The van der Waals surface area contributed by atoms with Crippen LogP contribution < -0.4 is 5.32 Å². The minimum atomic E-state index is 0.337. The SMILES string of the molecule is CCCNC(CCC1CCCO1)c1occc1C. The van der Waals surface area contributed by atoms with Gasteiger partial charge >= 0.3 is 0 Å². The summed E-state index contributed by atoms with van der Waals surface area (Å²) in [5, 5.41) is 3.59. The van der Waals surface area contributed by atoms with Crippen LogP contribution in [-0.4, -0.2) is 19.3 Å². The quantitative estimate of drug-likeness (QED) is 0.804. The van der Waals surface area contributed by atoms with Crippen LogP contribution in [0.4, 0.5) is 0 Å². The van der Waals surface area contributed by atoms with Crippen molar-refractivity contribution in [2.24, 2.45) is 0 Å². The van der Waals surface area contributed by atoms with Gasteiger partial charge in [0.05, 0.1) is 18.4 Å². The zero-order valence-electron chi connectivity index (χ0n) is 11.6. The fourth-order valence-electron chi connectivity index (χ4n) is 2.61. The van der Waals surface area contributed by atoms with E-state index < -0.39 is 0 Å². The molecule has 0 radical (unpaired) electrons. The third-order valence-electron chi connectivity index (χ3n) is 3.66. The van der Waals surface area contributed by atoms with E-state index in [0.717, 1.165) is 38.2 Å². The Balaban J connectivity index is 1.90. The number of hydrogen-bond donors (Lipinski definition) is 1. The number of ether oxygens (including phenoxy) is 1. The molecule has 1 fully saturated rings. The molecule has 1 aromatic rings. The Labute approximate surface area is 110 Å². The van der Waals surface area contributed by atoms with Crippen molar-refractivity contribution in [3.8, 4) is 0 Å². The predicted molar refractivity (Wildman–Crippen MR) is 72.7 cm³/mol. The van der Waals surface area contributed by atoms with Crippen molar-refractivity contribution in [3.63, 3.8) is 0 Å². The smallest absolute Gasteiger partial charge is 0.123 e. The normalized spacial score (nSPS) is 21.3. The van der Waals surface area contributed by atoms with Crippen LogP contribution in [0, 0.1) is 6.92 Å². The van der Waals surface area contributed by atoms with E-state index in [0.29, 0.717) is 12.1 Å². The molecule has 102 valence electrons. The standard InChI is InChI=1S/C15H25NO2/c1-3-9-16-14(15-12(2)8-11-18-15)7-6-13-5-4-10-17-13/h8,11,13-14,16H,3-7,9-10H2,1-2H3. The second kappa shape index (κ2) is 6.95. The van der Waals surface area contributed by atoms with Gasteiger partial charge in [0, 0.05) is 6.61 Å². The van der Waals surface area contributed by atoms with Crippen molar-refractivity contribution in [1.82, 2.24) is 5.32 Å². The molecule has 3 nitrogen and oxygen atoms in total. The van der Waals surface area contributed by atoms with Crippen molar-refractivity contribution in [1.29, 1.82) is 0 Å². The molecule has 2 heterocycles. The highest BCUT2D eigenvalue weighted by Gasteiger charge is 2.21. The zero-order chi connectivity index (χ0) is 12.8. The van der Waals surface area contributed by atoms with Crippen LogP contribution in [-0.2, 0) is 4.74 Å². The van der Waals surface area contributed by atoms with Gasteiger partial charge in [0.1, 0.15) is 5.76 Å². The van der Waals surface area contributed by atoms with Crippen LogP contribution in [0.2, 0.25) is 0 Å². The molecule has 1 aliphatic rings. The van der Waals surface area contributed by atoms with Crippen LogP contribution in [0.15, 0.2) is 16.7 Å². The maximum Gasteiger partial charge on any atom is 0.123 e. The Morgan fingerprint density at radius 2 is 2.39 bits per heavy atom. The first kappa shape index (κ1) is 13.6. The maximum absolute atomic E-state index is 5.70. The summed E-state index contributed by atoms with van der Waals surface area (Å²) in [7, 11) is 0. The van der Waals surface area contributed by atoms with Crippen LogP contribution >= 0.6 is 0 Å². The summed E-state index contributed by atoms with van der Waals surface area (Å²) in [5.74, 6) is 1.10. The van der Waals surface area contributed by atoms with Gasteiger partial charge in [-0.25, -0.2) is 0 Å². The van der Waals surface area contributed by atoms with E-state index in [2.05, 4.69) is 19.2 Å². The molecule has 2 rings (SSSR count). The summed E-state index contributed by atoms with van der Waals surface area (Å²) < 4.78 is 11.3. The molecule has 0 aromatic carbocycles. The highest BCUT2D eigenvalue weighted by Crippen LogP contribution is 2.26. The number of rotatable bonds is 7. The molecule has 0 saturated carbocycles. The maximum atomic E-state index is 5.70. The first-order valence-corrected chi connectivity index (χ1v) is 7.20. The lowest BCUT2D eigenvalue weighted by Crippen LogP contribution is -2.23. The molecule has 3 heteroatoms. The number of aryl methyl sites for hydroxylation is 1. The monoisotopic (exact) mass is 251 g/mol. The molecule has 0 bridgehead atoms. The molecule has 0 aliphatic carbocycles. The van der Waals surface area contributed by atoms with Crippen molar-refractivity contribution in [2.45, 2.75) is 58.1 Å². The summed E-state index contributed by atoms with van der Waals surface area (Å²) in [6.45, 7) is 6.29. The van der Waals surface area contributed by atoms with E-state index >= 15 is 0 Å². The first-order valence-electron chi connectivity index (χ1n) is 7.20. The molecular formula is C15H25NO2. The Hall–Kier alpha value is -0.800. The highest BCUT2D eigenvalue weighted by atomic mass is 16.5. The van der Waals surface area contributed by atoms with E-state index in [-0.39, 0.29) is 0 Å². The Bertz CT molecular complexity index is 342. The largest absolute Gasteiger partial charge is 0.467 e. The summed E-state index contributed by atoms with van der Waals surface area (Å²) in [6.07, 6.45) is 8.06. The van der Waals surface area contributed by atoms with Gasteiger partial charge in [0.2, 0.25) is 0 Å². The minimum absolute atomic E-state index is 0.337. The predicted octanol–water partition coefficient (Wildman–Crippen LogP) is 3.59. The molecule has 1 aromatic heterocycles. The molecule has 1 N–H and O–H groups in total. The first-order chi connectivity index (χ1) is 8.81. The van der Waals surface area contributed by atoms with E-state index in [1.165, 1.54) is 18.4 Å². The molecule has 1 aliphatic heterocycles. The summed E-state index contributed by atoms with van der Waals surface area (Å²) in [6, 6.07) is 2.38. The molecular weight excluding hydrogens is 226 g/mol. The lowest BCUT2D eigenvalue weighted by atomic mass is 10.0. The average Bonchev–Trinajstić information content (AvgIpc) is 3.01. The third kappa shape index (κ3) is 3.59. The summed E-state index contributed by atoms with van der Waals surface area (Å²) in [5.41, 5.74) is 1.25. The number of nitrogens with one attached hydrogen (secondary N) is 1. The fourth-order valence-corrected chi connectivity index (χ4v) is 2.61. The van der Waals surface area contributed by atoms with E-state index in [1.54, 1.807) is 6.26 Å². The fraction of sp³-hybridized carbons (Fsp3) is 0.733. The highest BCUT2D eigenvalue weighted by molar-refractivity contribution is 5.18. The second-order valence-corrected chi connectivity index (χ2v) is 5.19. The molecule has 0 amide bonds. The molecule has 1 saturated heterocycles. The molecule has 18 heavy (non-hydrogen) atoms. The number of hydrogen-bond acceptors (Lipinski definition) is 3. The zero-order valence-corrected chi connectivity index (χ0v) is 11.6. The van der Waals surface area contributed by atoms with Gasteiger partial charge in [-0.2, -0.15) is 0 Å². The minimum Gasteiger partial charge on any atom is -0.467 e. The van der Waals surface area contributed by atoms with E-state index in [1.807, 2.05) is 6.07 Å². The van der Waals surface area contributed by atoms with E-state index in [9.17, 15) is 0 Å². The van der Waals surface area contributed by atoms with Gasteiger partial charge in [-0.15, -0.1) is 0 Å². The lowest BCUT2D eigenvalue weighted by Gasteiger charge is -2.19. The number of furan rings is 1. The van der Waals surface area contributed by atoms with E-state index in [4.69, 9.17) is 9.15 Å². The summed E-state index contributed by atoms with van der Waals surface area (Å²) >= 11 is 0. The average molecular weight is 251 g/mol. The van der Waals surface area contributed by atoms with Crippen molar-refractivity contribution < 1.29 is 9.15 Å². The van der Waals surface area contributed by atoms with Crippen molar-refractivity contribution in [2.75, 3.05) is 13.2 Å². The topological polar surface area (TPSA) is 34.4 Å². The molecule has 2 unspecified atom stereocenters. The van der Waals surface area contributed by atoms with Crippen LogP contribution in [0.3, 0.4) is 0 Å². The van der Waals surface area contributed by atoms with Gasteiger partial charge < -0.3 is 14.5 Å². The molecule has 0 spiro atoms. The van der Waals surface area contributed by atoms with Gasteiger partial charge in [0.25, 0.3) is 0 Å². The Morgan fingerprint density at radius 3 is 3.00 bits per heavy atom. The van der Waals surface area contributed by atoms with Gasteiger partial charge in [0.15, 0.2) is 0 Å². The van der Waals surface area contributed by atoms with Gasteiger partial charge in [-0.05, 0) is 57.2 Å². The van der Waals surface area contributed by atoms with Gasteiger partial charge in [-0.1, -0.05) is 6.92 Å². The van der Waals surface area contributed by atoms with Crippen molar-refractivity contribution >= 4 is 0 Å². The second-order valence-electron chi connectivity index (χ2n) is 5.19. The summed E-state index contributed by atoms with van der Waals surface area (Å²) in [4.78, 5) is 0. The Kier molecular flexibility index (Phi) is 5.26.